The zero-order chi connectivity index (χ0) is 22.9. The van der Waals surface area contributed by atoms with Gasteiger partial charge in [0.05, 0.1) is 0 Å². The number of carbonyl (C=O) groups excluding carboxylic acids is 1. The Kier molecular flexibility index (Phi) is 6.50. The molecule has 2 fully saturated rings. The van der Waals surface area contributed by atoms with Gasteiger partial charge < -0.3 is 20.5 Å². The lowest BCUT2D eigenvalue weighted by molar-refractivity contribution is 0.0905. The number of aromatic nitrogens is 2. The van der Waals surface area contributed by atoms with Gasteiger partial charge in [-0.3, -0.25) is 4.79 Å². The van der Waals surface area contributed by atoms with Crippen LogP contribution in [-0.2, 0) is 10.0 Å². The number of pyridine rings is 1. The van der Waals surface area contributed by atoms with Crippen molar-refractivity contribution >= 4 is 21.7 Å². The molecule has 3 heterocycles. The molecule has 0 unspecified atom stereocenters. The number of sulfonamides is 1. The van der Waals surface area contributed by atoms with Gasteiger partial charge in [0, 0.05) is 56.9 Å². The van der Waals surface area contributed by atoms with Gasteiger partial charge in [0.15, 0.2) is 5.69 Å². The van der Waals surface area contributed by atoms with Crippen LogP contribution < -0.4 is 16.0 Å². The van der Waals surface area contributed by atoms with Crippen molar-refractivity contribution in [1.82, 2.24) is 19.8 Å². The van der Waals surface area contributed by atoms with Gasteiger partial charge in [-0.25, -0.2) is 13.4 Å². The minimum absolute atomic E-state index is 0.129. The highest BCUT2D eigenvalue weighted by molar-refractivity contribution is 7.89. The maximum Gasteiger partial charge on any atom is 0.273 e. The molecule has 1 amide bonds. The van der Waals surface area contributed by atoms with Crippen molar-refractivity contribution in [3.8, 4) is 0 Å². The van der Waals surface area contributed by atoms with E-state index in [1.165, 1.54) is 10.5 Å². The number of nitrogens with zero attached hydrogens (tertiary/aromatic N) is 4. The monoisotopic (exact) mass is 462 g/mol. The van der Waals surface area contributed by atoms with Gasteiger partial charge in [0.1, 0.15) is 16.5 Å². The summed E-state index contributed by atoms with van der Waals surface area (Å²) in [6, 6.07) is 4.58. The third kappa shape index (κ3) is 4.79. The van der Waals surface area contributed by atoms with Gasteiger partial charge in [0.2, 0.25) is 10.0 Å². The van der Waals surface area contributed by atoms with Crippen LogP contribution in [0.5, 0.6) is 0 Å². The summed E-state index contributed by atoms with van der Waals surface area (Å²) in [5.41, 5.74) is 5.84. The van der Waals surface area contributed by atoms with Crippen molar-refractivity contribution in [3.05, 3.63) is 35.9 Å². The van der Waals surface area contributed by atoms with Gasteiger partial charge in [-0.2, -0.15) is 4.31 Å². The van der Waals surface area contributed by atoms with Crippen LogP contribution in [0.1, 0.15) is 54.8 Å². The summed E-state index contributed by atoms with van der Waals surface area (Å²) in [5, 5.41) is 6.85. The summed E-state index contributed by atoms with van der Waals surface area (Å²) in [4.78, 5) is 18.8. The van der Waals surface area contributed by atoms with Crippen molar-refractivity contribution in [3.63, 3.8) is 0 Å². The van der Waals surface area contributed by atoms with Crippen molar-refractivity contribution in [2.75, 3.05) is 31.6 Å². The molecule has 32 heavy (non-hydrogen) atoms. The Bertz CT molecular complexity index is 1050. The molecule has 1 aliphatic heterocycles. The second kappa shape index (κ2) is 9.16. The van der Waals surface area contributed by atoms with E-state index in [1.54, 1.807) is 18.2 Å². The molecule has 4 rings (SSSR count). The van der Waals surface area contributed by atoms with Crippen LogP contribution in [-0.4, -0.2) is 67.5 Å². The van der Waals surface area contributed by atoms with Crippen molar-refractivity contribution in [2.24, 2.45) is 5.73 Å². The summed E-state index contributed by atoms with van der Waals surface area (Å²) in [6.45, 7) is 3.29. The Morgan fingerprint density at radius 3 is 2.75 bits per heavy atom. The fraction of sp³-hybridized carbons (Fsp3) is 0.571. The maximum atomic E-state index is 13.2. The third-order valence-electron chi connectivity index (χ3n) is 6.07. The van der Waals surface area contributed by atoms with E-state index in [0.29, 0.717) is 44.2 Å². The van der Waals surface area contributed by atoms with Crippen LogP contribution in [0.2, 0.25) is 0 Å². The molecule has 0 radical (unpaired) electrons. The molecule has 0 spiro atoms. The van der Waals surface area contributed by atoms with E-state index >= 15 is 0 Å². The van der Waals surface area contributed by atoms with E-state index in [2.05, 4.69) is 15.5 Å². The summed E-state index contributed by atoms with van der Waals surface area (Å²) in [6.07, 6.45) is 4.57. The third-order valence-corrected chi connectivity index (χ3v) is 8.07. The summed E-state index contributed by atoms with van der Waals surface area (Å²) in [5.74, 6) is 1.54. The Morgan fingerprint density at radius 1 is 1.34 bits per heavy atom. The lowest BCUT2D eigenvalue weighted by Crippen LogP contribution is -2.50. The number of nitrogens with one attached hydrogen (secondary N) is 1. The predicted octanol–water partition coefficient (Wildman–Crippen LogP) is 1.31. The molecule has 1 saturated carbocycles. The van der Waals surface area contributed by atoms with Crippen LogP contribution >= 0.6 is 0 Å². The van der Waals surface area contributed by atoms with Crippen molar-refractivity contribution in [2.45, 2.75) is 55.5 Å². The molecule has 2 aromatic heterocycles. The highest BCUT2D eigenvalue weighted by atomic mass is 32.2. The van der Waals surface area contributed by atoms with E-state index in [1.807, 2.05) is 18.9 Å². The summed E-state index contributed by atoms with van der Waals surface area (Å²) >= 11 is 0. The molecule has 11 heteroatoms. The highest BCUT2D eigenvalue weighted by Crippen LogP contribution is 2.40. The largest absolute Gasteiger partial charge is 0.360 e. The van der Waals surface area contributed by atoms with E-state index < -0.39 is 10.0 Å². The minimum atomic E-state index is -3.68. The number of likely N-dealkylation sites (N-methyl/N-ethyl adjacent to an activating group) is 1. The molecule has 0 bridgehead atoms. The summed E-state index contributed by atoms with van der Waals surface area (Å²) < 4.78 is 33.1. The molecular formula is C21H30N6O4S. The number of rotatable bonds is 8. The Balaban J connectivity index is 1.37. The van der Waals surface area contributed by atoms with Gasteiger partial charge in [-0.15, -0.1) is 0 Å². The van der Waals surface area contributed by atoms with E-state index in [9.17, 15) is 13.2 Å². The molecule has 0 aromatic carbocycles. The number of carbonyl (C=O) groups is 1. The van der Waals surface area contributed by atoms with Crippen LogP contribution in [0.3, 0.4) is 0 Å². The first-order chi connectivity index (χ1) is 15.3. The normalized spacial score (nSPS) is 22.0. The molecule has 1 aliphatic carbocycles. The second-order valence-corrected chi connectivity index (χ2v) is 10.5. The molecule has 174 valence electrons. The fourth-order valence-electron chi connectivity index (χ4n) is 4.05. The topological polar surface area (TPSA) is 135 Å². The Morgan fingerprint density at radius 2 is 2.12 bits per heavy atom. The average molecular weight is 463 g/mol. The number of amides is 1. The van der Waals surface area contributed by atoms with E-state index in [0.717, 1.165) is 18.6 Å². The van der Waals surface area contributed by atoms with Crippen molar-refractivity contribution in [1.29, 1.82) is 0 Å². The van der Waals surface area contributed by atoms with Gasteiger partial charge in [0.25, 0.3) is 5.91 Å². The molecule has 3 N–H and O–H groups in total. The maximum absolute atomic E-state index is 13.2. The number of hydrogen-bond acceptors (Lipinski definition) is 8. The van der Waals surface area contributed by atoms with Crippen LogP contribution in [0.4, 0.5) is 5.82 Å². The quantitative estimate of drug-likeness (QED) is 0.600. The van der Waals surface area contributed by atoms with Gasteiger partial charge in [-0.1, -0.05) is 5.16 Å². The van der Waals surface area contributed by atoms with E-state index in [-0.39, 0.29) is 28.6 Å². The Hall–Kier alpha value is -2.50. The first kappa shape index (κ1) is 22.7. The molecule has 2 atom stereocenters. The van der Waals surface area contributed by atoms with Crippen LogP contribution in [0.25, 0.3) is 0 Å². The number of nitrogens with two attached hydrogens (primary N) is 1. The lowest BCUT2D eigenvalue weighted by atomic mass is 10.0. The number of piperidine rings is 1. The lowest BCUT2D eigenvalue weighted by Gasteiger charge is -2.36. The smallest absolute Gasteiger partial charge is 0.273 e. The zero-order valence-electron chi connectivity index (χ0n) is 18.4. The van der Waals surface area contributed by atoms with Crippen molar-refractivity contribution < 1.29 is 17.7 Å². The Labute approximate surface area is 188 Å². The number of anilines is 1. The van der Waals surface area contributed by atoms with Gasteiger partial charge >= 0.3 is 0 Å². The second-order valence-electron chi connectivity index (χ2n) is 8.61. The standard InChI is InChI=1S/C21H30N6O4S/c1-14-11-16(24-21(28)18-12-19(31-25-18)15-3-4-15)7-9-27(14)32(29,30)17-5-6-20(23-13-17)26(2)10-8-22/h5-6,12-16H,3-4,7-11,22H2,1-2H3,(H,24,28)/t14-,16-/m0/s1. The SMILES string of the molecule is C[C@H]1C[C@@H](NC(=O)c2cc(C3CC3)on2)CCN1S(=O)(=O)c1ccc(N(C)CCN)nc1. The van der Waals surface area contributed by atoms with E-state index in [4.69, 9.17) is 10.3 Å². The molecule has 2 aliphatic rings. The molecule has 1 saturated heterocycles. The number of hydrogen-bond donors (Lipinski definition) is 2. The molecule has 10 nitrogen and oxygen atoms in total. The van der Waals surface area contributed by atoms with Crippen LogP contribution in [0, 0.1) is 0 Å². The predicted molar refractivity (Wildman–Crippen MR) is 119 cm³/mol. The fourth-order valence-corrected chi connectivity index (χ4v) is 5.65. The average Bonchev–Trinajstić information content (AvgIpc) is 3.50. The zero-order valence-corrected chi connectivity index (χ0v) is 19.2. The minimum Gasteiger partial charge on any atom is -0.360 e. The van der Waals surface area contributed by atoms with Crippen LogP contribution in [0.15, 0.2) is 33.8 Å². The van der Waals surface area contributed by atoms with Gasteiger partial charge in [-0.05, 0) is 44.7 Å². The summed E-state index contributed by atoms with van der Waals surface area (Å²) in [7, 11) is -1.82. The highest BCUT2D eigenvalue weighted by Gasteiger charge is 2.36. The first-order valence-corrected chi connectivity index (χ1v) is 12.4. The molecule has 2 aromatic rings. The first-order valence-electron chi connectivity index (χ1n) is 11.0. The molecular weight excluding hydrogens is 432 g/mol.